The molecule has 0 amide bonds. The van der Waals surface area contributed by atoms with E-state index < -0.39 is 5.92 Å². The highest BCUT2D eigenvalue weighted by atomic mass is 127. The Balaban J connectivity index is 1.35. The van der Waals surface area contributed by atoms with Crippen molar-refractivity contribution in [2.24, 2.45) is 23.2 Å². The van der Waals surface area contributed by atoms with Crippen molar-refractivity contribution in [3.63, 3.8) is 0 Å². The second-order valence-corrected chi connectivity index (χ2v) is 10.9. The molecule has 2 aliphatic carbocycles. The summed E-state index contributed by atoms with van der Waals surface area (Å²) in [6.45, 7) is 4.13. The molecule has 2 aromatic carbocycles. The Morgan fingerprint density at radius 1 is 0.939 bits per heavy atom. The predicted molar refractivity (Wildman–Crippen MR) is 141 cm³/mol. The van der Waals surface area contributed by atoms with Gasteiger partial charge in [-0.3, -0.25) is 14.4 Å². The molecule has 2 aliphatic rings. The van der Waals surface area contributed by atoms with Gasteiger partial charge in [0, 0.05) is 0 Å². The lowest BCUT2D eigenvalue weighted by Gasteiger charge is -2.09. The van der Waals surface area contributed by atoms with Crippen molar-refractivity contribution < 1.29 is 23.9 Å². The summed E-state index contributed by atoms with van der Waals surface area (Å²) in [6.07, 6.45) is 3.49. The lowest BCUT2D eigenvalue weighted by atomic mass is 10.0. The summed E-state index contributed by atoms with van der Waals surface area (Å²) in [7, 11) is 0. The fourth-order valence-corrected chi connectivity index (χ4v) is 5.27. The van der Waals surface area contributed by atoms with Crippen LogP contribution >= 0.6 is 45.2 Å². The molecule has 0 N–H and O–H groups in total. The number of para-hydroxylation sites is 1. The number of ketones is 2. The van der Waals surface area contributed by atoms with Crippen molar-refractivity contribution in [3.05, 3.63) is 79.5 Å². The van der Waals surface area contributed by atoms with E-state index >= 15 is 0 Å². The minimum Gasteiger partial charge on any atom is -0.461 e. The lowest BCUT2D eigenvalue weighted by Crippen LogP contribution is -2.14. The van der Waals surface area contributed by atoms with Crippen molar-refractivity contribution in [2.75, 3.05) is 0 Å². The average Bonchev–Trinajstić information content (AvgIpc) is 3.30. The maximum atomic E-state index is 12.8. The van der Waals surface area contributed by atoms with Gasteiger partial charge in [-0.1, -0.05) is 56.3 Å². The van der Waals surface area contributed by atoms with Crippen molar-refractivity contribution in [3.8, 4) is 11.5 Å². The first-order valence-corrected chi connectivity index (χ1v) is 12.7. The molecule has 4 rings (SSSR count). The first kappa shape index (κ1) is 24.1. The van der Waals surface area contributed by atoms with E-state index in [4.69, 9.17) is 9.47 Å². The molecule has 0 radical (unpaired) electrons. The van der Waals surface area contributed by atoms with Crippen LogP contribution in [0.5, 0.6) is 11.5 Å². The summed E-state index contributed by atoms with van der Waals surface area (Å²) >= 11 is 3.84. The van der Waals surface area contributed by atoms with Gasteiger partial charge in [-0.05, 0) is 86.3 Å². The van der Waals surface area contributed by atoms with Crippen molar-refractivity contribution in [1.29, 1.82) is 0 Å². The number of rotatable bonds is 7. The Morgan fingerprint density at radius 2 is 1.58 bits per heavy atom. The van der Waals surface area contributed by atoms with Gasteiger partial charge < -0.3 is 9.47 Å². The van der Waals surface area contributed by atoms with E-state index in [0.717, 1.165) is 11.3 Å². The molecule has 0 spiro atoms. The third kappa shape index (κ3) is 5.08. The van der Waals surface area contributed by atoms with Gasteiger partial charge >= 0.3 is 5.97 Å². The zero-order chi connectivity index (χ0) is 23.8. The summed E-state index contributed by atoms with van der Waals surface area (Å²) in [6, 6.07) is 16.9. The number of benzene rings is 2. The number of ether oxygens (including phenoxy) is 2. The Hall–Kier alpha value is -2.01. The monoisotopic (exact) mass is 668 g/mol. The highest BCUT2D eigenvalue weighted by Gasteiger charge is 2.61. The molecule has 1 saturated carbocycles. The summed E-state index contributed by atoms with van der Waals surface area (Å²) in [5.74, 6) is -0.372. The number of carbonyl (C=O) groups is 3. The van der Waals surface area contributed by atoms with Crippen LogP contribution in [0.15, 0.2) is 73.9 Å². The number of halogens is 2. The van der Waals surface area contributed by atoms with Gasteiger partial charge in [-0.25, -0.2) is 0 Å². The van der Waals surface area contributed by atoms with Gasteiger partial charge in [0.15, 0.2) is 11.6 Å². The van der Waals surface area contributed by atoms with Crippen molar-refractivity contribution in [2.45, 2.75) is 20.5 Å². The topological polar surface area (TPSA) is 69.7 Å². The van der Waals surface area contributed by atoms with Gasteiger partial charge in [-0.15, -0.1) is 0 Å². The van der Waals surface area contributed by atoms with Crippen LogP contribution in [-0.4, -0.2) is 17.5 Å². The summed E-state index contributed by atoms with van der Waals surface area (Å²) in [5, 5.41) is 0. The molecule has 33 heavy (non-hydrogen) atoms. The molecule has 2 atom stereocenters. The molecule has 7 heteroatoms. The zero-order valence-corrected chi connectivity index (χ0v) is 22.4. The maximum absolute atomic E-state index is 12.8. The SMILES string of the molecule is CC1(C)C(/C=C/C2C(=O)C(I)=C(I)C2=O)C1C(=O)OCc1cccc(Oc2ccccc2)c1. The van der Waals surface area contributed by atoms with Crippen molar-refractivity contribution >= 4 is 62.7 Å². The maximum Gasteiger partial charge on any atom is 0.310 e. The number of allylic oxidation sites excluding steroid dienone is 4. The van der Waals surface area contributed by atoms with E-state index in [9.17, 15) is 14.4 Å². The third-order valence-electron chi connectivity index (χ3n) is 6.12. The van der Waals surface area contributed by atoms with Crippen LogP contribution in [0.25, 0.3) is 0 Å². The molecule has 0 bridgehead atoms. The summed E-state index contributed by atoms with van der Waals surface area (Å²) in [4.78, 5) is 37.4. The van der Waals surface area contributed by atoms with E-state index in [1.54, 1.807) is 6.08 Å². The lowest BCUT2D eigenvalue weighted by molar-refractivity contribution is -0.147. The molecule has 170 valence electrons. The fourth-order valence-electron chi connectivity index (χ4n) is 4.07. The van der Waals surface area contributed by atoms with E-state index in [1.165, 1.54) is 0 Å². The van der Waals surface area contributed by atoms with Crippen LogP contribution in [0.2, 0.25) is 0 Å². The molecule has 0 aromatic heterocycles. The van der Waals surface area contributed by atoms with Crippen LogP contribution in [0.4, 0.5) is 0 Å². The number of esters is 1. The first-order chi connectivity index (χ1) is 15.7. The highest BCUT2D eigenvalue weighted by molar-refractivity contribution is 14.1. The van der Waals surface area contributed by atoms with E-state index in [2.05, 4.69) is 0 Å². The van der Waals surface area contributed by atoms with Gasteiger partial charge in [0.2, 0.25) is 0 Å². The average molecular weight is 668 g/mol. The quantitative estimate of drug-likeness (QED) is 0.152. The Kier molecular flexibility index (Phi) is 7.09. The molecule has 5 nitrogen and oxygen atoms in total. The van der Waals surface area contributed by atoms with Crippen LogP contribution in [0, 0.1) is 23.2 Å². The fraction of sp³-hybridized carbons (Fsp3) is 0.269. The van der Waals surface area contributed by atoms with E-state index in [-0.39, 0.29) is 41.4 Å². The smallest absolute Gasteiger partial charge is 0.310 e. The molecule has 0 saturated heterocycles. The second kappa shape index (κ2) is 9.69. The molecule has 2 aromatic rings. The molecule has 1 fully saturated rings. The van der Waals surface area contributed by atoms with Gasteiger partial charge in [0.05, 0.1) is 13.1 Å². The Bertz CT molecular complexity index is 1140. The minimum atomic E-state index is -0.774. The zero-order valence-electron chi connectivity index (χ0n) is 18.1. The van der Waals surface area contributed by atoms with Gasteiger partial charge in [0.1, 0.15) is 24.0 Å². The number of Topliss-reactive ketones (excluding diaryl/α,β-unsaturated/α-hetero) is 2. The molecule has 0 heterocycles. The van der Waals surface area contributed by atoms with Crippen molar-refractivity contribution in [1.82, 2.24) is 0 Å². The second-order valence-electron chi connectivity index (χ2n) is 8.71. The van der Waals surface area contributed by atoms with Gasteiger partial charge in [-0.2, -0.15) is 0 Å². The Labute approximate surface area is 219 Å². The summed E-state index contributed by atoms with van der Waals surface area (Å²) in [5.41, 5.74) is 0.546. The minimum absolute atomic E-state index is 0.0747. The first-order valence-electron chi connectivity index (χ1n) is 10.5. The largest absolute Gasteiger partial charge is 0.461 e. The molecular weight excluding hydrogens is 646 g/mol. The number of hydrogen-bond acceptors (Lipinski definition) is 5. The number of carbonyl (C=O) groups excluding carboxylic acids is 3. The standard InChI is InChI=1S/C26H22I2O5/c1-26(2)19(12-11-18-23(29)21(27)22(28)24(18)30)20(26)25(31)32-14-15-7-6-10-17(13-15)33-16-8-4-3-5-9-16/h3-13,18-20H,14H2,1-2H3/b12-11+. The third-order valence-corrected chi connectivity index (χ3v) is 9.30. The van der Waals surface area contributed by atoms with E-state index in [1.807, 2.05) is 120 Å². The normalized spacial score (nSPS) is 22.2. The molecule has 0 aliphatic heterocycles. The summed E-state index contributed by atoms with van der Waals surface area (Å²) < 4.78 is 12.4. The van der Waals surface area contributed by atoms with E-state index in [0.29, 0.717) is 12.9 Å². The number of hydrogen-bond donors (Lipinski definition) is 0. The highest BCUT2D eigenvalue weighted by Crippen LogP contribution is 2.59. The van der Waals surface area contributed by atoms with Crippen LogP contribution in [0.1, 0.15) is 19.4 Å². The van der Waals surface area contributed by atoms with Crippen LogP contribution in [-0.2, 0) is 25.7 Å². The Morgan fingerprint density at radius 3 is 2.24 bits per heavy atom. The van der Waals surface area contributed by atoms with Crippen LogP contribution < -0.4 is 4.74 Å². The molecular formula is C26H22I2O5. The van der Waals surface area contributed by atoms with Crippen LogP contribution in [0.3, 0.4) is 0 Å². The molecule has 2 unspecified atom stereocenters. The van der Waals surface area contributed by atoms with Gasteiger partial charge in [0.25, 0.3) is 0 Å². The predicted octanol–water partition coefficient (Wildman–Crippen LogP) is 6.20.